The van der Waals surface area contributed by atoms with Gasteiger partial charge in [0.1, 0.15) is 6.42 Å². The summed E-state index contributed by atoms with van der Waals surface area (Å²) in [5, 5.41) is 0. The number of carbonyl (C=O) groups is 1. The summed E-state index contributed by atoms with van der Waals surface area (Å²) in [6.45, 7) is 10.0. The first-order chi connectivity index (χ1) is 4.77. The summed E-state index contributed by atoms with van der Waals surface area (Å²) in [6, 6.07) is -0.0764. The third-order valence-electron chi connectivity index (χ3n) is 1.76. The van der Waals surface area contributed by atoms with Crippen molar-refractivity contribution in [2.75, 3.05) is 13.1 Å². The molecule has 1 aliphatic rings. The zero-order chi connectivity index (χ0) is 7.56. The molecule has 0 N–H and O–H groups in total. The average Bonchev–Trinajstić information content (AvgIpc) is 2.30. The molecule has 1 heterocycles. The maximum absolute atomic E-state index is 11.0. The summed E-state index contributed by atoms with van der Waals surface area (Å²) in [4.78, 5) is 16.0. The summed E-state index contributed by atoms with van der Waals surface area (Å²) in [6.07, 6.45) is 0.428. The minimum absolute atomic E-state index is 0.0764. The van der Waals surface area contributed by atoms with Gasteiger partial charge in [0.2, 0.25) is 11.9 Å². The van der Waals surface area contributed by atoms with E-state index < -0.39 is 0 Å². The fraction of sp³-hybridized carbons (Fsp3) is 0.714. The van der Waals surface area contributed by atoms with Gasteiger partial charge >= 0.3 is 0 Å². The normalized spacial score (nSPS) is 25.0. The first-order valence-electron chi connectivity index (χ1n) is 3.42. The van der Waals surface area contributed by atoms with E-state index in [0.29, 0.717) is 13.0 Å². The largest absolute Gasteiger partial charge is 0.335 e. The topological polar surface area (TPSA) is 24.7 Å². The molecule has 0 spiro atoms. The quantitative estimate of drug-likeness (QED) is 0.485. The highest BCUT2D eigenvalue weighted by Gasteiger charge is 2.32. The highest BCUT2D eigenvalue weighted by Crippen LogP contribution is 2.12. The van der Waals surface area contributed by atoms with Crippen LogP contribution in [-0.2, 0) is 4.79 Å². The van der Waals surface area contributed by atoms with Gasteiger partial charge in [0, 0.05) is 6.54 Å². The number of nitrogens with zero attached hydrogens (tertiary/aromatic N) is 2. The molecule has 1 unspecified atom stereocenters. The summed E-state index contributed by atoms with van der Waals surface area (Å²) in [5.74, 6) is 0.128. The molecule has 0 aliphatic carbocycles. The van der Waals surface area contributed by atoms with Crippen molar-refractivity contribution in [3.8, 4) is 0 Å². The van der Waals surface area contributed by atoms with E-state index in [0.717, 1.165) is 6.54 Å². The molecule has 10 heavy (non-hydrogen) atoms. The van der Waals surface area contributed by atoms with Gasteiger partial charge in [-0.15, -0.1) is 0 Å². The standard InChI is InChI=1S/C7H10N2O/c1-3-9-5-6(8-2)4-7(9)10/h6H,3-5H2,1H3. The van der Waals surface area contributed by atoms with E-state index in [2.05, 4.69) is 4.85 Å². The van der Waals surface area contributed by atoms with Crippen LogP contribution in [0.1, 0.15) is 13.3 Å². The molecule has 0 aromatic rings. The number of hydrogen-bond acceptors (Lipinski definition) is 1. The zero-order valence-corrected chi connectivity index (χ0v) is 6.00. The SMILES string of the molecule is [C-]#[N+]C1CC(=O)N(CC)C1. The van der Waals surface area contributed by atoms with Crippen LogP contribution in [0.4, 0.5) is 0 Å². The van der Waals surface area contributed by atoms with E-state index in [-0.39, 0.29) is 11.9 Å². The summed E-state index contributed by atoms with van der Waals surface area (Å²) >= 11 is 0. The summed E-state index contributed by atoms with van der Waals surface area (Å²) in [7, 11) is 0. The minimum Gasteiger partial charge on any atom is -0.335 e. The van der Waals surface area contributed by atoms with E-state index in [1.165, 1.54) is 0 Å². The van der Waals surface area contributed by atoms with Crippen molar-refractivity contribution in [3.63, 3.8) is 0 Å². The van der Waals surface area contributed by atoms with Gasteiger partial charge < -0.3 is 9.74 Å². The average molecular weight is 138 g/mol. The maximum atomic E-state index is 11.0. The van der Waals surface area contributed by atoms with Gasteiger partial charge in [-0.3, -0.25) is 4.79 Å². The van der Waals surface area contributed by atoms with Crippen molar-refractivity contribution in [2.45, 2.75) is 19.4 Å². The Hall–Kier alpha value is -1.04. The van der Waals surface area contributed by atoms with Crippen LogP contribution in [0.3, 0.4) is 0 Å². The highest BCUT2D eigenvalue weighted by atomic mass is 16.2. The number of likely N-dealkylation sites (tertiary alicyclic amines) is 1. The molecule has 1 atom stereocenters. The molecule has 1 fully saturated rings. The van der Waals surface area contributed by atoms with Crippen LogP contribution in [0.5, 0.6) is 0 Å². The third-order valence-corrected chi connectivity index (χ3v) is 1.76. The predicted molar refractivity (Wildman–Crippen MR) is 37.3 cm³/mol. The fourth-order valence-corrected chi connectivity index (χ4v) is 1.14. The van der Waals surface area contributed by atoms with Gasteiger partial charge in [0.15, 0.2) is 0 Å². The number of amides is 1. The van der Waals surface area contributed by atoms with Crippen LogP contribution < -0.4 is 0 Å². The van der Waals surface area contributed by atoms with E-state index in [1.807, 2.05) is 6.92 Å². The Balaban J connectivity index is 2.54. The Morgan fingerprint density at radius 3 is 2.90 bits per heavy atom. The first kappa shape index (κ1) is 7.07. The molecule has 0 radical (unpaired) electrons. The Morgan fingerprint density at radius 1 is 1.90 bits per heavy atom. The van der Waals surface area contributed by atoms with Crippen LogP contribution in [0.25, 0.3) is 4.85 Å². The molecule has 1 aliphatic heterocycles. The number of carbonyl (C=O) groups excluding carboxylic acids is 1. The molecule has 0 saturated carbocycles. The number of likely N-dealkylation sites (N-methyl/N-ethyl adjacent to an activating group) is 1. The molecule has 0 bridgehead atoms. The lowest BCUT2D eigenvalue weighted by Crippen LogP contribution is -2.24. The van der Waals surface area contributed by atoms with E-state index in [4.69, 9.17) is 6.57 Å². The van der Waals surface area contributed by atoms with Gasteiger partial charge in [0.25, 0.3) is 0 Å². The number of rotatable bonds is 1. The van der Waals surface area contributed by atoms with Crippen LogP contribution in [-0.4, -0.2) is 29.9 Å². The Bertz CT molecular complexity index is 183. The van der Waals surface area contributed by atoms with Crippen molar-refractivity contribution in [1.29, 1.82) is 0 Å². The van der Waals surface area contributed by atoms with Crippen molar-refractivity contribution < 1.29 is 4.79 Å². The van der Waals surface area contributed by atoms with Crippen LogP contribution in [0, 0.1) is 6.57 Å². The molecule has 0 aromatic carbocycles. The summed E-state index contributed by atoms with van der Waals surface area (Å²) in [5.41, 5.74) is 0. The van der Waals surface area contributed by atoms with E-state index in [9.17, 15) is 4.79 Å². The van der Waals surface area contributed by atoms with Gasteiger partial charge in [0.05, 0.1) is 6.54 Å². The van der Waals surface area contributed by atoms with Gasteiger partial charge in [-0.1, -0.05) is 0 Å². The first-order valence-corrected chi connectivity index (χ1v) is 3.42. The fourth-order valence-electron chi connectivity index (χ4n) is 1.14. The van der Waals surface area contributed by atoms with E-state index >= 15 is 0 Å². The lowest BCUT2D eigenvalue weighted by Gasteiger charge is -2.09. The molecular formula is C7H10N2O. The molecule has 0 aromatic heterocycles. The Morgan fingerprint density at radius 2 is 2.60 bits per heavy atom. The van der Waals surface area contributed by atoms with Crippen LogP contribution >= 0.6 is 0 Å². The Kier molecular flexibility index (Phi) is 1.91. The second-order valence-corrected chi connectivity index (χ2v) is 2.42. The van der Waals surface area contributed by atoms with Crippen molar-refractivity contribution in [3.05, 3.63) is 11.4 Å². The number of hydrogen-bond donors (Lipinski definition) is 0. The van der Waals surface area contributed by atoms with Crippen molar-refractivity contribution in [2.24, 2.45) is 0 Å². The second kappa shape index (κ2) is 2.70. The molecule has 3 nitrogen and oxygen atoms in total. The monoisotopic (exact) mass is 138 g/mol. The molecule has 54 valence electrons. The van der Waals surface area contributed by atoms with Crippen molar-refractivity contribution >= 4 is 5.91 Å². The summed E-state index contributed by atoms with van der Waals surface area (Å²) < 4.78 is 0. The van der Waals surface area contributed by atoms with Crippen LogP contribution in [0.2, 0.25) is 0 Å². The predicted octanol–water partition coefficient (Wildman–Crippen LogP) is 0.526. The van der Waals surface area contributed by atoms with Crippen LogP contribution in [0.15, 0.2) is 0 Å². The van der Waals surface area contributed by atoms with Gasteiger partial charge in [-0.2, -0.15) is 0 Å². The Labute approximate surface area is 60.4 Å². The maximum Gasteiger partial charge on any atom is 0.249 e. The smallest absolute Gasteiger partial charge is 0.249 e. The molecule has 1 saturated heterocycles. The molecule has 1 rings (SSSR count). The minimum atomic E-state index is -0.0764. The lowest BCUT2D eigenvalue weighted by atomic mass is 10.3. The lowest BCUT2D eigenvalue weighted by molar-refractivity contribution is -0.127. The zero-order valence-electron chi connectivity index (χ0n) is 6.00. The van der Waals surface area contributed by atoms with Gasteiger partial charge in [-0.05, 0) is 6.92 Å². The van der Waals surface area contributed by atoms with Gasteiger partial charge in [-0.25, -0.2) is 6.57 Å². The second-order valence-electron chi connectivity index (χ2n) is 2.42. The van der Waals surface area contributed by atoms with E-state index in [1.54, 1.807) is 4.90 Å². The highest BCUT2D eigenvalue weighted by molar-refractivity contribution is 5.79. The van der Waals surface area contributed by atoms with Crippen molar-refractivity contribution in [1.82, 2.24) is 4.90 Å². The molecule has 1 amide bonds. The molecule has 3 heteroatoms. The third kappa shape index (κ3) is 1.10. The molecular weight excluding hydrogens is 128 g/mol.